The van der Waals surface area contributed by atoms with Crippen LogP contribution in [0, 0.1) is 0 Å². The first-order chi connectivity index (χ1) is 10.7. The number of ether oxygens (including phenoxy) is 1. The van der Waals surface area contributed by atoms with Crippen molar-refractivity contribution in [2.24, 2.45) is 4.99 Å². The molecule has 1 aromatic rings. The molecule has 22 heavy (non-hydrogen) atoms. The highest BCUT2D eigenvalue weighted by Gasteiger charge is 2.22. The number of rotatable bonds is 2. The molecule has 3 rings (SSSR count). The van der Waals surface area contributed by atoms with Crippen LogP contribution >= 0.6 is 11.8 Å². The molecular weight excluding hydrogens is 290 g/mol. The molecule has 0 saturated carbocycles. The molecule has 3 heteroatoms. The maximum absolute atomic E-state index is 5.68. The summed E-state index contributed by atoms with van der Waals surface area (Å²) in [5, 5.41) is 2.10. The Labute approximate surface area is 136 Å². The number of thioether (sulfide) groups is 1. The fraction of sp³-hybridized carbons (Fsp3) is 0.211. The van der Waals surface area contributed by atoms with E-state index in [1.807, 2.05) is 6.92 Å². The molecular formula is C19H19NOS. The summed E-state index contributed by atoms with van der Waals surface area (Å²) < 4.78 is 5.68. The third-order valence-electron chi connectivity index (χ3n) is 3.73. The predicted molar refractivity (Wildman–Crippen MR) is 94.1 cm³/mol. The molecule has 0 unspecified atom stereocenters. The lowest BCUT2D eigenvalue weighted by atomic mass is 9.94. The second kappa shape index (κ2) is 6.41. The van der Waals surface area contributed by atoms with Gasteiger partial charge in [0, 0.05) is 28.1 Å². The Morgan fingerprint density at radius 3 is 2.82 bits per heavy atom. The van der Waals surface area contributed by atoms with Crippen LogP contribution in [0.5, 0.6) is 0 Å². The number of aliphatic imine (C=N–C) groups is 1. The predicted octanol–water partition coefficient (Wildman–Crippen LogP) is 5.25. The standard InChI is InChI=1S/C19H19NOS/c1-13-8-4-6-10-16(21-3)18(13)19-15-9-5-7-11-17(15)22-12-14(2)20-19/h4-9,11-12H,10H2,1-3H3. The minimum atomic E-state index is 0.788. The van der Waals surface area contributed by atoms with Crippen molar-refractivity contribution in [1.29, 1.82) is 0 Å². The van der Waals surface area contributed by atoms with Crippen molar-refractivity contribution in [2.45, 2.75) is 25.2 Å². The largest absolute Gasteiger partial charge is 0.500 e. The van der Waals surface area contributed by atoms with Gasteiger partial charge in [0.05, 0.1) is 12.8 Å². The van der Waals surface area contributed by atoms with Gasteiger partial charge >= 0.3 is 0 Å². The molecule has 0 N–H and O–H groups in total. The summed E-state index contributed by atoms with van der Waals surface area (Å²) in [6, 6.07) is 8.42. The Balaban J connectivity index is 2.25. The lowest BCUT2D eigenvalue weighted by molar-refractivity contribution is 0.283. The van der Waals surface area contributed by atoms with Gasteiger partial charge in [-0.15, -0.1) is 0 Å². The van der Waals surface area contributed by atoms with E-state index in [9.17, 15) is 0 Å². The van der Waals surface area contributed by atoms with E-state index in [0.717, 1.165) is 29.2 Å². The monoisotopic (exact) mass is 309 g/mol. The average molecular weight is 309 g/mol. The van der Waals surface area contributed by atoms with E-state index < -0.39 is 0 Å². The van der Waals surface area contributed by atoms with Crippen LogP contribution in [-0.4, -0.2) is 12.8 Å². The van der Waals surface area contributed by atoms with Gasteiger partial charge in [0.15, 0.2) is 0 Å². The molecule has 0 amide bonds. The van der Waals surface area contributed by atoms with Gasteiger partial charge in [0.1, 0.15) is 5.76 Å². The third kappa shape index (κ3) is 2.81. The Morgan fingerprint density at radius 2 is 2.00 bits per heavy atom. The van der Waals surface area contributed by atoms with E-state index in [1.165, 1.54) is 16.0 Å². The fourth-order valence-corrected chi connectivity index (χ4v) is 3.46. The summed E-state index contributed by atoms with van der Waals surface area (Å²) in [5.74, 6) is 0.968. The zero-order valence-electron chi connectivity index (χ0n) is 13.1. The van der Waals surface area contributed by atoms with Crippen LogP contribution in [0.25, 0.3) is 0 Å². The number of methoxy groups -OCH3 is 1. The topological polar surface area (TPSA) is 21.6 Å². The first-order valence-corrected chi connectivity index (χ1v) is 8.21. The van der Waals surface area contributed by atoms with E-state index in [0.29, 0.717) is 0 Å². The van der Waals surface area contributed by atoms with Crippen LogP contribution in [0.2, 0.25) is 0 Å². The highest BCUT2D eigenvalue weighted by atomic mass is 32.2. The van der Waals surface area contributed by atoms with Gasteiger partial charge in [-0.1, -0.05) is 48.2 Å². The van der Waals surface area contributed by atoms with Gasteiger partial charge in [0.25, 0.3) is 0 Å². The molecule has 0 bridgehead atoms. The molecule has 2 nitrogen and oxygen atoms in total. The molecule has 1 heterocycles. The molecule has 1 aromatic carbocycles. The number of hydrogen-bond acceptors (Lipinski definition) is 3. The summed E-state index contributed by atoms with van der Waals surface area (Å²) in [6.07, 6.45) is 7.12. The molecule has 0 fully saturated rings. The van der Waals surface area contributed by atoms with E-state index in [2.05, 4.69) is 54.8 Å². The van der Waals surface area contributed by atoms with Gasteiger partial charge in [0.2, 0.25) is 0 Å². The van der Waals surface area contributed by atoms with E-state index in [1.54, 1.807) is 18.9 Å². The molecule has 112 valence electrons. The number of fused-ring (bicyclic) bond motifs is 1. The molecule has 0 atom stereocenters. The molecule has 0 spiro atoms. The Bertz CT molecular complexity index is 750. The van der Waals surface area contributed by atoms with Crippen LogP contribution in [0.3, 0.4) is 0 Å². The Morgan fingerprint density at radius 1 is 1.18 bits per heavy atom. The normalized spacial score (nSPS) is 17.9. The minimum Gasteiger partial charge on any atom is -0.500 e. The first kappa shape index (κ1) is 14.9. The van der Waals surface area contributed by atoms with Crippen molar-refractivity contribution in [1.82, 2.24) is 0 Å². The summed E-state index contributed by atoms with van der Waals surface area (Å²) in [4.78, 5) is 6.11. The quantitative estimate of drug-likeness (QED) is 0.744. The maximum Gasteiger partial charge on any atom is 0.109 e. The van der Waals surface area contributed by atoms with Crippen molar-refractivity contribution in [3.05, 3.63) is 76.1 Å². The van der Waals surface area contributed by atoms with Crippen LogP contribution in [0.1, 0.15) is 25.8 Å². The van der Waals surface area contributed by atoms with Gasteiger partial charge < -0.3 is 4.74 Å². The van der Waals surface area contributed by atoms with Crippen molar-refractivity contribution in [3.63, 3.8) is 0 Å². The van der Waals surface area contributed by atoms with Gasteiger partial charge in [-0.2, -0.15) is 0 Å². The van der Waals surface area contributed by atoms with Gasteiger partial charge in [-0.05, 0) is 30.9 Å². The second-order valence-electron chi connectivity index (χ2n) is 5.32. The van der Waals surface area contributed by atoms with Gasteiger partial charge in [-0.25, -0.2) is 0 Å². The average Bonchev–Trinajstić information content (AvgIpc) is 2.81. The highest BCUT2D eigenvalue weighted by molar-refractivity contribution is 8.02. The lowest BCUT2D eigenvalue weighted by Crippen LogP contribution is -2.11. The van der Waals surface area contributed by atoms with Crippen molar-refractivity contribution in [3.8, 4) is 0 Å². The van der Waals surface area contributed by atoms with E-state index in [-0.39, 0.29) is 0 Å². The summed E-state index contributed by atoms with van der Waals surface area (Å²) in [5.41, 5.74) is 5.47. The van der Waals surface area contributed by atoms with Gasteiger partial charge in [-0.3, -0.25) is 4.99 Å². The molecule has 0 saturated heterocycles. The number of allylic oxidation sites excluding steroid dienone is 6. The van der Waals surface area contributed by atoms with Crippen molar-refractivity contribution >= 4 is 17.5 Å². The van der Waals surface area contributed by atoms with Crippen LogP contribution in [0.4, 0.5) is 0 Å². The molecule has 1 aliphatic heterocycles. The zero-order valence-corrected chi connectivity index (χ0v) is 13.9. The molecule has 1 aliphatic carbocycles. The number of benzene rings is 1. The van der Waals surface area contributed by atoms with Crippen LogP contribution in [0.15, 0.2) is 80.4 Å². The van der Waals surface area contributed by atoms with Crippen molar-refractivity contribution < 1.29 is 4.74 Å². The van der Waals surface area contributed by atoms with Crippen LogP contribution < -0.4 is 0 Å². The maximum atomic E-state index is 5.68. The second-order valence-corrected chi connectivity index (χ2v) is 6.23. The fourth-order valence-electron chi connectivity index (χ4n) is 2.66. The summed E-state index contributed by atoms with van der Waals surface area (Å²) in [7, 11) is 1.74. The molecule has 0 radical (unpaired) electrons. The van der Waals surface area contributed by atoms with E-state index >= 15 is 0 Å². The van der Waals surface area contributed by atoms with Crippen LogP contribution in [-0.2, 0) is 4.74 Å². The molecule has 0 aromatic heterocycles. The lowest BCUT2D eigenvalue weighted by Gasteiger charge is -2.17. The zero-order chi connectivity index (χ0) is 15.5. The Hall–Kier alpha value is -2.00. The highest BCUT2D eigenvalue weighted by Crippen LogP contribution is 2.34. The molecule has 2 aliphatic rings. The number of nitrogens with zero attached hydrogens (tertiary/aromatic N) is 1. The third-order valence-corrected chi connectivity index (χ3v) is 4.80. The summed E-state index contributed by atoms with van der Waals surface area (Å²) >= 11 is 1.73. The smallest absolute Gasteiger partial charge is 0.109 e. The Kier molecular flexibility index (Phi) is 4.34. The summed E-state index contributed by atoms with van der Waals surface area (Å²) in [6.45, 7) is 4.16. The number of hydrogen-bond donors (Lipinski definition) is 0. The first-order valence-electron chi connectivity index (χ1n) is 7.33. The van der Waals surface area contributed by atoms with E-state index in [4.69, 9.17) is 9.73 Å². The van der Waals surface area contributed by atoms with Crippen molar-refractivity contribution in [2.75, 3.05) is 7.11 Å². The minimum absolute atomic E-state index is 0.788. The SMILES string of the molecule is COC1=C(C2=NC(C)=CSc3ccccc32)C(C)=CC=CC1.